The monoisotopic (exact) mass is 955 g/mol. The van der Waals surface area contributed by atoms with Crippen molar-refractivity contribution >= 4 is 46.7 Å². The third-order valence-electron chi connectivity index (χ3n) is 12.5. The van der Waals surface area contributed by atoms with Gasteiger partial charge in [0.25, 0.3) is 0 Å². The van der Waals surface area contributed by atoms with Gasteiger partial charge in [0.15, 0.2) is 0 Å². The molecule has 0 saturated carbocycles. The van der Waals surface area contributed by atoms with Gasteiger partial charge in [0.1, 0.15) is 0 Å². The Hall–Kier alpha value is -3.18. The van der Waals surface area contributed by atoms with Crippen molar-refractivity contribution in [2.45, 2.75) is 100 Å². The van der Waals surface area contributed by atoms with Crippen LogP contribution in [0, 0.1) is 11.8 Å². The summed E-state index contributed by atoms with van der Waals surface area (Å²) in [6.07, 6.45) is 9.62. The first-order valence-electron chi connectivity index (χ1n) is 20.6. The van der Waals surface area contributed by atoms with E-state index in [-0.39, 0.29) is 0 Å². The second kappa shape index (κ2) is 17.4. The Kier molecular flexibility index (Phi) is 13.1. The van der Waals surface area contributed by atoms with Crippen molar-refractivity contribution in [2.75, 3.05) is 0 Å². The molecule has 0 aliphatic heterocycles. The number of halogens is 2. The zero-order valence-electron chi connectivity index (χ0n) is 34.3. The van der Waals surface area contributed by atoms with E-state index < -0.39 is 27.8 Å². The van der Waals surface area contributed by atoms with Crippen LogP contribution in [0.5, 0.6) is 0 Å². The first-order chi connectivity index (χ1) is 26.8. The Balaban J connectivity index is 1.69. The van der Waals surface area contributed by atoms with Gasteiger partial charge in [-0.3, -0.25) is 0 Å². The van der Waals surface area contributed by atoms with Crippen LogP contribution in [0.3, 0.4) is 0 Å². The molecule has 2 N–H and O–H groups in total. The van der Waals surface area contributed by atoms with E-state index in [2.05, 4.69) is 163 Å². The van der Waals surface area contributed by atoms with Gasteiger partial charge in [-0.15, -0.1) is 0 Å². The number of fused-ring (bicyclic) bond motifs is 2. The molecule has 0 heterocycles. The molecule has 2 aliphatic carbocycles. The van der Waals surface area contributed by atoms with Gasteiger partial charge in [-0.05, 0) is 0 Å². The maximum absolute atomic E-state index is 12.7. The summed E-state index contributed by atoms with van der Waals surface area (Å²) in [5, 5.41) is 6.08. The first kappa shape index (κ1) is 42.4. The van der Waals surface area contributed by atoms with Crippen molar-refractivity contribution < 1.29 is 25.5 Å². The molecule has 8 heteroatoms. The van der Waals surface area contributed by atoms with E-state index in [1.165, 1.54) is 33.4 Å². The number of amides is 2. The van der Waals surface area contributed by atoms with E-state index >= 15 is 0 Å². The van der Waals surface area contributed by atoms with E-state index in [1.807, 2.05) is 0 Å². The van der Waals surface area contributed by atoms with Crippen molar-refractivity contribution in [2.24, 2.45) is 11.8 Å². The van der Waals surface area contributed by atoms with Crippen LogP contribution < -0.4 is 10.5 Å². The van der Waals surface area contributed by atoms with Crippen LogP contribution in [0.2, 0.25) is 0 Å². The van der Waals surface area contributed by atoms with Gasteiger partial charge in [-0.2, -0.15) is 0 Å². The van der Waals surface area contributed by atoms with Crippen LogP contribution in [-0.4, -0.2) is 17.4 Å². The molecule has 0 aromatic heterocycles. The van der Waals surface area contributed by atoms with Gasteiger partial charge in [0.05, 0.1) is 0 Å². The summed E-state index contributed by atoms with van der Waals surface area (Å²) in [6.45, 7) is 18.0. The quantitative estimate of drug-likeness (QED) is 0.0818. The summed E-state index contributed by atoms with van der Waals surface area (Å²) in [5.41, 5.74) is 14.1. The van der Waals surface area contributed by atoms with E-state index in [0.29, 0.717) is 36.5 Å². The molecule has 0 radical (unpaired) electrons. The molecule has 4 aromatic rings. The van der Waals surface area contributed by atoms with Crippen LogP contribution in [-0.2, 0) is 25.5 Å². The number of hydrogen-bond donors (Lipinski definition) is 2. The van der Waals surface area contributed by atoms with Gasteiger partial charge in [0.2, 0.25) is 0 Å². The van der Waals surface area contributed by atoms with Crippen LogP contribution in [0.4, 0.5) is 0 Å². The minimum absolute atomic E-state index is 0.310. The van der Waals surface area contributed by atoms with Crippen LogP contribution in [0.25, 0.3) is 34.4 Å². The Labute approximate surface area is 344 Å². The normalized spacial score (nSPS) is 18.0. The van der Waals surface area contributed by atoms with Crippen molar-refractivity contribution in [1.29, 1.82) is 0 Å². The van der Waals surface area contributed by atoms with Crippen LogP contribution >= 0.6 is 17.2 Å². The molecule has 4 aromatic carbocycles. The van der Waals surface area contributed by atoms with E-state index in [0.717, 1.165) is 59.1 Å². The zero-order chi connectivity index (χ0) is 40.4. The maximum atomic E-state index is 12.7. The number of nitrogens with one attached hydrogen (secondary N) is 2. The standard InChI is InChI=1S/2C23H27.C2H3BN2O2.2ClH.Hf/c2*1-5-17(4)20-10-6-7-11-21(20)22-12-8-9-19-14-18(13-16(2)3)15-23(19)22;6-1-4-3-5-2-7;;;/h2*6-12,14-17H,5,13H2,1-4H3;1-2H,(H-,4,5,6,7);2*1H;/q;;;;;+1/p-1. The number of rotatable bonds is 17. The minimum atomic E-state index is -6.12. The number of benzene rings is 4. The third kappa shape index (κ3) is 7.60. The molecule has 4 unspecified atom stereocenters. The Morgan fingerprint density at radius 3 is 1.32 bits per heavy atom. The Morgan fingerprint density at radius 2 is 0.964 bits per heavy atom. The van der Waals surface area contributed by atoms with Crippen molar-refractivity contribution in [3.8, 4) is 22.3 Å². The van der Waals surface area contributed by atoms with Gasteiger partial charge in [0, 0.05) is 0 Å². The summed E-state index contributed by atoms with van der Waals surface area (Å²) >= 11 is -6.12. The van der Waals surface area contributed by atoms with Gasteiger partial charge >= 0.3 is 346 Å². The fourth-order valence-electron chi connectivity index (χ4n) is 9.78. The molecular weight excluding hydrogens is 897 g/mol. The summed E-state index contributed by atoms with van der Waals surface area (Å²) in [7, 11) is 17.6. The van der Waals surface area contributed by atoms with Gasteiger partial charge < -0.3 is 0 Å². The molecular formula is C48H58BCl2HfN2O2. The predicted octanol–water partition coefficient (Wildman–Crippen LogP) is 13.2. The topological polar surface area (TPSA) is 58.2 Å². The molecule has 0 spiro atoms. The molecule has 56 heavy (non-hydrogen) atoms. The molecule has 293 valence electrons. The summed E-state index contributed by atoms with van der Waals surface area (Å²) in [4.78, 5) is 25.4. The number of carbonyl (C=O) groups is 2. The molecule has 2 amide bonds. The summed E-state index contributed by atoms with van der Waals surface area (Å²) in [6, 6.07) is 30.6. The third-order valence-corrected chi connectivity index (χ3v) is 41.2. The average Bonchev–Trinajstić information content (AvgIpc) is 3.75. The molecule has 4 nitrogen and oxygen atoms in total. The van der Waals surface area contributed by atoms with E-state index in [4.69, 9.17) is 17.2 Å². The Morgan fingerprint density at radius 1 is 0.589 bits per heavy atom. The molecule has 0 bridgehead atoms. The second-order valence-electron chi connectivity index (χ2n) is 17.1. The van der Waals surface area contributed by atoms with Crippen molar-refractivity contribution in [1.82, 2.24) is 10.5 Å². The molecule has 0 fully saturated rings. The Bertz CT molecular complexity index is 2010. The number of hydrogen-bond acceptors (Lipinski definition) is 2. The molecule has 4 atom stereocenters. The SMILES string of the molecule is CCC(C)c1ccccc1-c1cccc2c1C=C(CC(C)C)[CH]2[Hf]([Cl])([Cl])([B](NC=O)NC=O)[CH]1C(CC(C)C)=Cc2c(-c3ccccc3C(C)CC)cccc21. The molecule has 2 aliphatic rings. The van der Waals surface area contributed by atoms with Crippen molar-refractivity contribution in [3.05, 3.63) is 129 Å². The van der Waals surface area contributed by atoms with Crippen LogP contribution in [0.1, 0.15) is 134 Å². The summed E-state index contributed by atoms with van der Waals surface area (Å²) < 4.78 is -1.73. The molecule has 0 saturated heterocycles. The van der Waals surface area contributed by atoms with Crippen molar-refractivity contribution in [3.63, 3.8) is 0 Å². The summed E-state index contributed by atoms with van der Waals surface area (Å²) in [5.74, 6) is 1.37. The van der Waals surface area contributed by atoms with E-state index in [1.54, 1.807) is 0 Å². The first-order valence-corrected chi connectivity index (χ1v) is 35.7. The average molecular weight is 955 g/mol. The fourth-order valence-corrected chi connectivity index (χ4v) is 39.3. The fraction of sp³-hybridized carbons (Fsp3) is 0.375. The zero-order valence-corrected chi connectivity index (χ0v) is 39.4. The predicted molar refractivity (Wildman–Crippen MR) is 237 cm³/mol. The van der Waals surface area contributed by atoms with Gasteiger partial charge in [-0.1, -0.05) is 0 Å². The molecule has 6 rings (SSSR count). The number of allylic oxidation sites excluding steroid dienone is 2. The van der Waals surface area contributed by atoms with Crippen LogP contribution in [0.15, 0.2) is 96.1 Å². The number of carbonyl (C=O) groups excluding carboxylic acids is 2. The van der Waals surface area contributed by atoms with E-state index in [9.17, 15) is 9.59 Å². The second-order valence-corrected chi connectivity index (χ2v) is 47.6. The van der Waals surface area contributed by atoms with Gasteiger partial charge in [-0.25, -0.2) is 0 Å².